The summed E-state index contributed by atoms with van der Waals surface area (Å²) >= 11 is 0. The number of likely N-dealkylation sites (tertiary alicyclic amines) is 2. The number of hydrogen-bond donors (Lipinski definition) is 1. The molecule has 0 saturated carbocycles. The maximum absolute atomic E-state index is 13.3. The summed E-state index contributed by atoms with van der Waals surface area (Å²) in [5, 5.41) is 10.2. The first-order chi connectivity index (χ1) is 13.9. The quantitative estimate of drug-likeness (QED) is 0.786. The molecule has 3 atom stereocenters. The highest BCUT2D eigenvalue weighted by atomic mass is 19.4. The third-order valence-corrected chi connectivity index (χ3v) is 5.86. The van der Waals surface area contributed by atoms with Crippen molar-refractivity contribution in [1.82, 2.24) is 9.80 Å². The fraction of sp³-hybridized carbons (Fsp3) is 0.636. The van der Waals surface area contributed by atoms with Crippen LogP contribution in [-0.4, -0.2) is 52.5 Å². The Morgan fingerprint density at radius 3 is 2.47 bits per heavy atom. The molecule has 2 aliphatic heterocycles. The highest BCUT2D eigenvalue weighted by Gasteiger charge is 2.41. The molecule has 0 bridgehead atoms. The van der Waals surface area contributed by atoms with Gasteiger partial charge in [0.1, 0.15) is 0 Å². The van der Waals surface area contributed by atoms with Crippen molar-refractivity contribution in [3.8, 4) is 0 Å². The van der Waals surface area contributed by atoms with E-state index in [0.717, 1.165) is 12.1 Å². The Morgan fingerprint density at radius 1 is 1.13 bits per heavy atom. The molecular formula is C22H29F3N2O3. The summed E-state index contributed by atoms with van der Waals surface area (Å²) in [6.07, 6.45) is -3.74. The van der Waals surface area contributed by atoms with E-state index in [1.165, 1.54) is 11.0 Å². The number of amides is 2. The SMILES string of the molecule is CC(C)(C)C(=O)N1CCCC(C(=O)N2CC(O)CC2c2cccc(C(F)(F)F)c2)C1. The summed E-state index contributed by atoms with van der Waals surface area (Å²) in [7, 11) is 0. The lowest BCUT2D eigenvalue weighted by Crippen LogP contribution is -2.49. The van der Waals surface area contributed by atoms with Crippen LogP contribution in [0, 0.1) is 11.3 Å². The molecule has 0 aliphatic carbocycles. The number of benzene rings is 1. The van der Waals surface area contributed by atoms with Gasteiger partial charge in [0, 0.05) is 25.0 Å². The molecular weight excluding hydrogens is 397 g/mol. The van der Waals surface area contributed by atoms with Crippen LogP contribution in [0.25, 0.3) is 0 Å². The van der Waals surface area contributed by atoms with E-state index in [-0.39, 0.29) is 24.8 Å². The first-order valence-corrected chi connectivity index (χ1v) is 10.3. The average molecular weight is 426 g/mol. The topological polar surface area (TPSA) is 60.9 Å². The highest BCUT2D eigenvalue weighted by molar-refractivity contribution is 5.84. The molecule has 1 aromatic rings. The van der Waals surface area contributed by atoms with Gasteiger partial charge in [-0.05, 0) is 37.0 Å². The smallest absolute Gasteiger partial charge is 0.391 e. The van der Waals surface area contributed by atoms with E-state index >= 15 is 0 Å². The van der Waals surface area contributed by atoms with Crippen molar-refractivity contribution in [2.45, 2.75) is 58.4 Å². The Bertz CT molecular complexity index is 804. The van der Waals surface area contributed by atoms with Crippen molar-refractivity contribution in [2.75, 3.05) is 19.6 Å². The molecule has 0 radical (unpaired) electrons. The molecule has 2 saturated heterocycles. The van der Waals surface area contributed by atoms with Gasteiger partial charge in [0.25, 0.3) is 0 Å². The Morgan fingerprint density at radius 2 is 1.83 bits per heavy atom. The zero-order valence-electron chi connectivity index (χ0n) is 17.6. The molecule has 3 rings (SSSR count). The molecule has 2 amide bonds. The van der Waals surface area contributed by atoms with E-state index < -0.39 is 35.2 Å². The molecule has 166 valence electrons. The minimum atomic E-state index is -4.47. The minimum Gasteiger partial charge on any atom is -0.391 e. The van der Waals surface area contributed by atoms with Gasteiger partial charge in [-0.2, -0.15) is 13.2 Å². The maximum Gasteiger partial charge on any atom is 0.416 e. The van der Waals surface area contributed by atoms with Gasteiger partial charge < -0.3 is 14.9 Å². The second-order valence-corrected chi connectivity index (χ2v) is 9.36. The summed E-state index contributed by atoms with van der Waals surface area (Å²) in [6, 6.07) is 4.34. The van der Waals surface area contributed by atoms with Gasteiger partial charge in [-0.3, -0.25) is 9.59 Å². The zero-order chi connectivity index (χ0) is 22.3. The molecule has 1 aromatic carbocycles. The summed E-state index contributed by atoms with van der Waals surface area (Å²) in [5.74, 6) is -0.639. The predicted molar refractivity (Wildman–Crippen MR) is 105 cm³/mol. The van der Waals surface area contributed by atoms with Crippen LogP contribution in [0.15, 0.2) is 24.3 Å². The van der Waals surface area contributed by atoms with Crippen molar-refractivity contribution >= 4 is 11.8 Å². The van der Waals surface area contributed by atoms with Crippen molar-refractivity contribution in [3.05, 3.63) is 35.4 Å². The van der Waals surface area contributed by atoms with Crippen LogP contribution in [0.2, 0.25) is 0 Å². The molecule has 0 spiro atoms. The molecule has 0 aromatic heterocycles. The van der Waals surface area contributed by atoms with Gasteiger partial charge in [0.05, 0.1) is 23.6 Å². The maximum atomic E-state index is 13.3. The lowest BCUT2D eigenvalue weighted by Gasteiger charge is -2.38. The monoisotopic (exact) mass is 426 g/mol. The lowest BCUT2D eigenvalue weighted by molar-refractivity contribution is -0.145. The highest BCUT2D eigenvalue weighted by Crippen LogP contribution is 2.37. The number of rotatable bonds is 2. The number of aliphatic hydroxyl groups is 1. The third kappa shape index (κ3) is 4.79. The Hall–Kier alpha value is -2.09. The summed E-state index contributed by atoms with van der Waals surface area (Å²) < 4.78 is 39.4. The number of carbonyl (C=O) groups is 2. The number of carbonyl (C=O) groups excluding carboxylic acids is 2. The van der Waals surface area contributed by atoms with Crippen LogP contribution >= 0.6 is 0 Å². The number of alkyl halides is 3. The predicted octanol–water partition coefficient (Wildman–Crippen LogP) is 3.62. The van der Waals surface area contributed by atoms with Crippen molar-refractivity contribution < 1.29 is 27.9 Å². The molecule has 30 heavy (non-hydrogen) atoms. The second kappa shape index (κ2) is 8.21. The standard InChI is InChI=1S/C22H29F3N2O3/c1-21(2,3)20(30)26-9-5-7-15(12-26)19(29)27-13-17(28)11-18(27)14-6-4-8-16(10-14)22(23,24)25/h4,6,8,10,15,17-18,28H,5,7,9,11-13H2,1-3H3. The normalized spacial score (nSPS) is 25.5. The van der Waals surface area contributed by atoms with Crippen LogP contribution in [-0.2, 0) is 15.8 Å². The largest absolute Gasteiger partial charge is 0.416 e. The average Bonchev–Trinajstić information content (AvgIpc) is 3.07. The number of halogens is 3. The summed E-state index contributed by atoms with van der Waals surface area (Å²) in [6.45, 7) is 6.49. The number of piperidine rings is 1. The molecule has 8 heteroatoms. The van der Waals surface area contributed by atoms with Gasteiger partial charge >= 0.3 is 6.18 Å². The Balaban J connectivity index is 1.80. The van der Waals surface area contributed by atoms with E-state index in [1.54, 1.807) is 11.0 Å². The lowest BCUT2D eigenvalue weighted by atomic mass is 9.90. The molecule has 1 N–H and O–H groups in total. The first-order valence-electron chi connectivity index (χ1n) is 10.3. The Kier molecular flexibility index (Phi) is 6.18. The van der Waals surface area contributed by atoms with Crippen molar-refractivity contribution in [3.63, 3.8) is 0 Å². The van der Waals surface area contributed by atoms with E-state index in [4.69, 9.17) is 0 Å². The number of hydrogen-bond acceptors (Lipinski definition) is 3. The van der Waals surface area contributed by atoms with Gasteiger partial charge in [0.2, 0.25) is 11.8 Å². The van der Waals surface area contributed by atoms with Crippen LogP contribution in [0.1, 0.15) is 57.2 Å². The van der Waals surface area contributed by atoms with Gasteiger partial charge in [-0.25, -0.2) is 0 Å². The molecule has 2 fully saturated rings. The van der Waals surface area contributed by atoms with E-state index in [0.29, 0.717) is 31.5 Å². The number of β-amino-alcohol motifs (C(OH)–C–C–N with tert-alkyl or cyclic N) is 1. The summed E-state index contributed by atoms with van der Waals surface area (Å²) in [5.41, 5.74) is -0.948. The zero-order valence-corrected chi connectivity index (χ0v) is 17.6. The number of aliphatic hydroxyl groups excluding tert-OH is 1. The van der Waals surface area contributed by atoms with E-state index in [9.17, 15) is 27.9 Å². The van der Waals surface area contributed by atoms with Crippen molar-refractivity contribution in [2.24, 2.45) is 11.3 Å². The van der Waals surface area contributed by atoms with Gasteiger partial charge in [0.15, 0.2) is 0 Å². The Labute approximate surface area is 174 Å². The minimum absolute atomic E-state index is 0.0177. The third-order valence-electron chi connectivity index (χ3n) is 5.86. The fourth-order valence-corrected chi connectivity index (χ4v) is 4.37. The van der Waals surface area contributed by atoms with Crippen LogP contribution in [0.3, 0.4) is 0 Å². The first kappa shape index (κ1) is 22.6. The van der Waals surface area contributed by atoms with Crippen LogP contribution in [0.5, 0.6) is 0 Å². The van der Waals surface area contributed by atoms with Gasteiger partial charge in [-0.15, -0.1) is 0 Å². The molecule has 2 heterocycles. The molecule has 3 unspecified atom stereocenters. The number of nitrogens with zero attached hydrogens (tertiary/aromatic N) is 2. The second-order valence-electron chi connectivity index (χ2n) is 9.36. The van der Waals surface area contributed by atoms with E-state index in [1.807, 2.05) is 20.8 Å². The van der Waals surface area contributed by atoms with Gasteiger partial charge in [-0.1, -0.05) is 32.9 Å². The molecule has 2 aliphatic rings. The summed E-state index contributed by atoms with van der Waals surface area (Å²) in [4.78, 5) is 29.1. The fourth-order valence-electron chi connectivity index (χ4n) is 4.37. The van der Waals surface area contributed by atoms with Crippen molar-refractivity contribution in [1.29, 1.82) is 0 Å². The van der Waals surface area contributed by atoms with Crippen LogP contribution in [0.4, 0.5) is 13.2 Å². The molecule has 5 nitrogen and oxygen atoms in total. The van der Waals surface area contributed by atoms with E-state index in [2.05, 4.69) is 0 Å². The van der Waals surface area contributed by atoms with Crippen LogP contribution < -0.4 is 0 Å².